The van der Waals surface area contributed by atoms with Crippen LogP contribution in [0, 0.1) is 0 Å². The summed E-state index contributed by atoms with van der Waals surface area (Å²) in [6, 6.07) is 11.6. The van der Waals surface area contributed by atoms with Crippen LogP contribution in [0.25, 0.3) is 0 Å². The van der Waals surface area contributed by atoms with Crippen molar-refractivity contribution in [2.75, 3.05) is 26.2 Å². The van der Waals surface area contributed by atoms with Crippen LogP contribution in [0.5, 0.6) is 11.5 Å². The molecule has 0 aromatic heterocycles. The average molecular weight is 472 g/mol. The fraction of sp³-hybridized carbons (Fsp3) is 0.429. The highest BCUT2D eigenvalue weighted by Crippen LogP contribution is 2.37. The molecule has 0 saturated carbocycles. The predicted molar refractivity (Wildman–Crippen MR) is 117 cm³/mol. The zero-order valence-corrected chi connectivity index (χ0v) is 18.6. The van der Waals surface area contributed by atoms with Gasteiger partial charge in [0.05, 0.1) is 17.2 Å². The van der Waals surface area contributed by atoms with Gasteiger partial charge in [-0.05, 0) is 65.2 Å². The minimum atomic E-state index is -0.329. The molecule has 0 heterocycles. The Morgan fingerprint density at radius 3 is 2.46 bits per heavy atom. The molecule has 0 aliphatic heterocycles. The molecule has 0 amide bonds. The predicted octanol–water partition coefficient (Wildman–Crippen LogP) is 4.14. The minimum Gasteiger partial charge on any atom is -0.490 e. The monoisotopic (exact) mass is 470 g/mol. The Bertz CT molecular complexity index is 726. The van der Waals surface area contributed by atoms with E-state index in [-0.39, 0.29) is 6.10 Å². The van der Waals surface area contributed by atoms with Crippen LogP contribution in [0.1, 0.15) is 25.0 Å². The van der Waals surface area contributed by atoms with Crippen molar-refractivity contribution in [3.8, 4) is 11.5 Å². The summed E-state index contributed by atoms with van der Waals surface area (Å²) in [4.78, 5) is 0. The molecule has 2 rings (SSSR count). The number of rotatable bonds is 12. The number of hydrogen-bond donors (Lipinski definition) is 3. The molecular formula is C21H28BrClN2O3. The summed E-state index contributed by atoms with van der Waals surface area (Å²) in [6.45, 7) is 7.63. The number of benzene rings is 2. The fourth-order valence-corrected chi connectivity index (χ4v) is 3.31. The number of nitrogens with one attached hydrogen (secondary N) is 2. The van der Waals surface area contributed by atoms with Crippen molar-refractivity contribution in [2.24, 2.45) is 0 Å². The van der Waals surface area contributed by atoms with Crippen LogP contribution in [0.4, 0.5) is 0 Å². The van der Waals surface area contributed by atoms with E-state index in [1.807, 2.05) is 43.3 Å². The molecule has 0 spiro atoms. The van der Waals surface area contributed by atoms with Gasteiger partial charge in [0.15, 0.2) is 11.5 Å². The van der Waals surface area contributed by atoms with Crippen LogP contribution >= 0.6 is 27.5 Å². The maximum Gasteiger partial charge on any atom is 0.175 e. The van der Waals surface area contributed by atoms with Gasteiger partial charge in [-0.25, -0.2) is 0 Å². The van der Waals surface area contributed by atoms with Crippen LogP contribution in [-0.4, -0.2) is 37.5 Å². The van der Waals surface area contributed by atoms with Gasteiger partial charge in [0.1, 0.15) is 6.61 Å². The van der Waals surface area contributed by atoms with Gasteiger partial charge < -0.3 is 25.2 Å². The third-order valence-electron chi connectivity index (χ3n) is 3.91. The van der Waals surface area contributed by atoms with Crippen molar-refractivity contribution < 1.29 is 14.6 Å². The van der Waals surface area contributed by atoms with Gasteiger partial charge in [0.2, 0.25) is 0 Å². The lowest BCUT2D eigenvalue weighted by Gasteiger charge is -2.16. The number of ether oxygens (including phenoxy) is 2. The lowest BCUT2D eigenvalue weighted by Crippen LogP contribution is -2.31. The van der Waals surface area contributed by atoms with Crippen LogP contribution in [0.15, 0.2) is 40.9 Å². The van der Waals surface area contributed by atoms with Crippen LogP contribution in [0.2, 0.25) is 5.02 Å². The molecule has 0 saturated heterocycles. The first kappa shape index (κ1) is 23.0. The maximum atomic E-state index is 9.23. The van der Waals surface area contributed by atoms with Gasteiger partial charge in [0, 0.05) is 31.2 Å². The first-order chi connectivity index (χ1) is 13.5. The second-order valence-corrected chi connectivity index (χ2v) is 7.77. The third-order valence-corrected chi connectivity index (χ3v) is 4.75. The van der Waals surface area contributed by atoms with Crippen LogP contribution in [-0.2, 0) is 13.2 Å². The quantitative estimate of drug-likeness (QED) is 0.406. The van der Waals surface area contributed by atoms with E-state index in [1.54, 1.807) is 6.92 Å². The first-order valence-corrected chi connectivity index (χ1v) is 10.6. The Hall–Kier alpha value is -1.31. The molecule has 28 heavy (non-hydrogen) atoms. The van der Waals surface area contributed by atoms with Crippen molar-refractivity contribution in [1.29, 1.82) is 0 Å². The molecule has 0 bridgehead atoms. The SMILES string of the molecule is CCOc1cc(CNCCNC[C@@H](C)O)cc(Br)c1OCc1ccc(Cl)cc1. The van der Waals surface area contributed by atoms with E-state index < -0.39 is 0 Å². The zero-order chi connectivity index (χ0) is 20.4. The molecule has 1 atom stereocenters. The van der Waals surface area contributed by atoms with Gasteiger partial charge in [-0.1, -0.05) is 23.7 Å². The first-order valence-electron chi connectivity index (χ1n) is 9.41. The second kappa shape index (κ2) is 12.3. The van der Waals surface area contributed by atoms with Gasteiger partial charge >= 0.3 is 0 Å². The largest absolute Gasteiger partial charge is 0.490 e. The molecule has 0 fully saturated rings. The van der Waals surface area contributed by atoms with Crippen molar-refractivity contribution >= 4 is 27.5 Å². The second-order valence-electron chi connectivity index (χ2n) is 6.48. The van der Waals surface area contributed by atoms with E-state index in [0.29, 0.717) is 37.1 Å². The molecule has 154 valence electrons. The number of hydrogen-bond acceptors (Lipinski definition) is 5. The summed E-state index contributed by atoms with van der Waals surface area (Å²) in [6.07, 6.45) is -0.329. The number of aliphatic hydroxyl groups is 1. The lowest BCUT2D eigenvalue weighted by atomic mass is 10.2. The summed E-state index contributed by atoms with van der Waals surface area (Å²) in [7, 11) is 0. The number of aliphatic hydroxyl groups excluding tert-OH is 1. The van der Waals surface area contributed by atoms with Crippen LogP contribution in [0.3, 0.4) is 0 Å². The summed E-state index contributed by atoms with van der Waals surface area (Å²) in [5.74, 6) is 1.41. The Labute approximate surface area is 180 Å². The Kier molecular flexibility index (Phi) is 10.1. The number of halogens is 2. The molecule has 5 nitrogen and oxygen atoms in total. The summed E-state index contributed by atoms with van der Waals surface area (Å²) >= 11 is 9.54. The summed E-state index contributed by atoms with van der Waals surface area (Å²) < 4.78 is 12.7. The van der Waals surface area contributed by atoms with E-state index in [1.165, 1.54) is 0 Å². The molecule has 2 aromatic rings. The topological polar surface area (TPSA) is 62.8 Å². The molecule has 0 radical (unpaired) electrons. The normalized spacial score (nSPS) is 12.0. The van der Waals surface area contributed by atoms with Crippen molar-refractivity contribution in [3.63, 3.8) is 0 Å². The highest BCUT2D eigenvalue weighted by Gasteiger charge is 2.13. The maximum absolute atomic E-state index is 9.23. The third kappa shape index (κ3) is 7.97. The van der Waals surface area contributed by atoms with Gasteiger partial charge in [-0.2, -0.15) is 0 Å². The smallest absolute Gasteiger partial charge is 0.175 e. The Morgan fingerprint density at radius 1 is 1.07 bits per heavy atom. The molecule has 0 aliphatic carbocycles. The zero-order valence-electron chi connectivity index (χ0n) is 16.3. The summed E-state index contributed by atoms with van der Waals surface area (Å²) in [5, 5.41) is 16.5. The van der Waals surface area contributed by atoms with Gasteiger partial charge in [-0.15, -0.1) is 0 Å². The Balaban J connectivity index is 1.95. The van der Waals surface area contributed by atoms with Crippen molar-refractivity contribution in [2.45, 2.75) is 33.1 Å². The van der Waals surface area contributed by atoms with Crippen molar-refractivity contribution in [3.05, 3.63) is 57.0 Å². The van der Waals surface area contributed by atoms with E-state index >= 15 is 0 Å². The van der Waals surface area contributed by atoms with E-state index in [0.717, 1.165) is 34.4 Å². The molecule has 2 aromatic carbocycles. The summed E-state index contributed by atoms with van der Waals surface area (Å²) in [5.41, 5.74) is 2.14. The van der Waals surface area contributed by atoms with E-state index in [2.05, 4.69) is 26.6 Å². The highest BCUT2D eigenvalue weighted by atomic mass is 79.9. The Morgan fingerprint density at radius 2 is 1.79 bits per heavy atom. The average Bonchev–Trinajstić information content (AvgIpc) is 2.65. The molecular weight excluding hydrogens is 444 g/mol. The standard InChI is InChI=1S/C21H28BrClN2O3/c1-3-27-20-11-17(13-25-9-8-24-12-15(2)26)10-19(22)21(20)28-14-16-4-6-18(23)7-5-16/h4-7,10-11,15,24-26H,3,8-9,12-14H2,1-2H3/t15-/m1/s1. The lowest BCUT2D eigenvalue weighted by molar-refractivity contribution is 0.191. The van der Waals surface area contributed by atoms with Gasteiger partial charge in [-0.3, -0.25) is 0 Å². The van der Waals surface area contributed by atoms with E-state index in [4.69, 9.17) is 21.1 Å². The van der Waals surface area contributed by atoms with Gasteiger partial charge in [0.25, 0.3) is 0 Å². The molecule has 3 N–H and O–H groups in total. The minimum absolute atomic E-state index is 0.329. The van der Waals surface area contributed by atoms with E-state index in [9.17, 15) is 5.11 Å². The molecule has 7 heteroatoms. The van der Waals surface area contributed by atoms with Crippen molar-refractivity contribution in [1.82, 2.24) is 10.6 Å². The van der Waals surface area contributed by atoms with Crippen LogP contribution < -0.4 is 20.1 Å². The highest BCUT2D eigenvalue weighted by molar-refractivity contribution is 9.10. The molecule has 0 aliphatic rings. The molecule has 0 unspecified atom stereocenters. The fourth-order valence-electron chi connectivity index (χ4n) is 2.58.